The zero-order valence-electron chi connectivity index (χ0n) is 14.5. The third-order valence-electron chi connectivity index (χ3n) is 5.47. The fourth-order valence-corrected chi connectivity index (χ4v) is 4.26. The average Bonchev–Trinajstić information content (AvgIpc) is 3.36. The standard InChI is InChI=1S/C20H25N3O2/c24-14-6-10-15-9-5-13-22(15)20(25)19-17-11-4-12-18(17)23(21-19)16-7-2-1-3-8-16/h1-3,7-8,15,24H,4-6,9-14H2. The monoisotopic (exact) mass is 339 g/mol. The SMILES string of the molecule is O=C(c1nn(-c2ccccc2)c2c1CCC2)N1CCCC1CCCO. The maximum absolute atomic E-state index is 13.2. The van der Waals surface area contributed by atoms with E-state index in [0.717, 1.165) is 62.7 Å². The summed E-state index contributed by atoms with van der Waals surface area (Å²) in [5, 5.41) is 13.8. The van der Waals surface area contributed by atoms with E-state index >= 15 is 0 Å². The molecule has 1 amide bonds. The zero-order valence-corrected chi connectivity index (χ0v) is 14.5. The summed E-state index contributed by atoms with van der Waals surface area (Å²) < 4.78 is 1.97. The first-order chi connectivity index (χ1) is 12.3. The molecule has 2 aliphatic rings. The van der Waals surface area contributed by atoms with Crippen molar-refractivity contribution in [2.24, 2.45) is 0 Å². The summed E-state index contributed by atoms with van der Waals surface area (Å²) in [4.78, 5) is 15.2. The number of para-hydroxylation sites is 1. The maximum Gasteiger partial charge on any atom is 0.274 e. The van der Waals surface area contributed by atoms with Crippen LogP contribution in [0.2, 0.25) is 0 Å². The van der Waals surface area contributed by atoms with Crippen molar-refractivity contribution in [3.8, 4) is 5.69 Å². The summed E-state index contributed by atoms with van der Waals surface area (Å²) in [6, 6.07) is 10.3. The number of rotatable bonds is 5. The Bertz CT molecular complexity index is 754. The van der Waals surface area contributed by atoms with Gasteiger partial charge in [-0.15, -0.1) is 0 Å². The van der Waals surface area contributed by atoms with Crippen molar-refractivity contribution in [1.82, 2.24) is 14.7 Å². The van der Waals surface area contributed by atoms with Gasteiger partial charge in [-0.3, -0.25) is 4.79 Å². The second-order valence-corrected chi connectivity index (χ2v) is 7.04. The van der Waals surface area contributed by atoms with Crippen LogP contribution in [0.5, 0.6) is 0 Å². The van der Waals surface area contributed by atoms with Crippen LogP contribution >= 0.6 is 0 Å². The lowest BCUT2D eigenvalue weighted by Gasteiger charge is -2.24. The summed E-state index contributed by atoms with van der Waals surface area (Å²) in [6.45, 7) is 0.998. The summed E-state index contributed by atoms with van der Waals surface area (Å²) in [6.07, 6.45) is 6.73. The van der Waals surface area contributed by atoms with E-state index in [-0.39, 0.29) is 18.6 Å². The Morgan fingerprint density at radius 1 is 1.20 bits per heavy atom. The number of hydrogen-bond acceptors (Lipinski definition) is 3. The highest BCUT2D eigenvalue weighted by molar-refractivity contribution is 5.94. The molecule has 5 heteroatoms. The highest BCUT2D eigenvalue weighted by Crippen LogP contribution is 2.31. The number of aliphatic hydroxyl groups excluding tert-OH is 1. The number of likely N-dealkylation sites (tertiary alicyclic amines) is 1. The van der Waals surface area contributed by atoms with E-state index in [4.69, 9.17) is 10.2 Å². The number of aromatic nitrogens is 2. The minimum Gasteiger partial charge on any atom is -0.396 e. The fraction of sp³-hybridized carbons (Fsp3) is 0.500. The third-order valence-corrected chi connectivity index (χ3v) is 5.47. The van der Waals surface area contributed by atoms with Gasteiger partial charge in [0.25, 0.3) is 5.91 Å². The van der Waals surface area contributed by atoms with Gasteiger partial charge >= 0.3 is 0 Å². The van der Waals surface area contributed by atoms with E-state index < -0.39 is 0 Å². The Hall–Kier alpha value is -2.14. The van der Waals surface area contributed by atoms with Crippen LogP contribution in [0.1, 0.15) is 53.8 Å². The van der Waals surface area contributed by atoms with Crippen LogP contribution in [0.3, 0.4) is 0 Å². The van der Waals surface area contributed by atoms with Crippen molar-refractivity contribution in [1.29, 1.82) is 0 Å². The van der Waals surface area contributed by atoms with Gasteiger partial charge < -0.3 is 10.0 Å². The van der Waals surface area contributed by atoms with Gasteiger partial charge in [0.15, 0.2) is 5.69 Å². The Morgan fingerprint density at radius 2 is 2.04 bits per heavy atom. The molecule has 2 heterocycles. The first-order valence-corrected chi connectivity index (χ1v) is 9.37. The van der Waals surface area contributed by atoms with Crippen molar-refractivity contribution < 1.29 is 9.90 Å². The topological polar surface area (TPSA) is 58.4 Å². The quantitative estimate of drug-likeness (QED) is 0.911. The number of amides is 1. The van der Waals surface area contributed by atoms with E-state index in [2.05, 4.69) is 0 Å². The van der Waals surface area contributed by atoms with Crippen molar-refractivity contribution in [2.45, 2.75) is 51.0 Å². The molecule has 132 valence electrons. The fourth-order valence-electron chi connectivity index (χ4n) is 4.26. The average molecular weight is 339 g/mol. The molecule has 1 aromatic heterocycles. The van der Waals surface area contributed by atoms with E-state index in [1.54, 1.807) is 0 Å². The van der Waals surface area contributed by atoms with Gasteiger partial charge in [0, 0.05) is 30.5 Å². The Kier molecular flexibility index (Phi) is 4.57. The molecule has 1 atom stereocenters. The van der Waals surface area contributed by atoms with E-state index in [9.17, 15) is 4.79 Å². The van der Waals surface area contributed by atoms with Gasteiger partial charge in [-0.1, -0.05) is 18.2 Å². The van der Waals surface area contributed by atoms with E-state index in [1.165, 1.54) is 5.69 Å². The van der Waals surface area contributed by atoms with Gasteiger partial charge in [0.05, 0.1) is 5.69 Å². The first kappa shape index (κ1) is 16.3. The maximum atomic E-state index is 13.2. The van der Waals surface area contributed by atoms with E-state index in [0.29, 0.717) is 5.69 Å². The molecular weight excluding hydrogens is 314 g/mol. The van der Waals surface area contributed by atoms with Crippen molar-refractivity contribution in [2.75, 3.05) is 13.2 Å². The van der Waals surface area contributed by atoms with Gasteiger partial charge in [0.1, 0.15) is 0 Å². The van der Waals surface area contributed by atoms with Gasteiger partial charge in [-0.25, -0.2) is 4.68 Å². The van der Waals surface area contributed by atoms with Crippen LogP contribution < -0.4 is 0 Å². The van der Waals surface area contributed by atoms with Crippen LogP contribution in [0.15, 0.2) is 30.3 Å². The molecule has 1 N–H and O–H groups in total. The van der Waals surface area contributed by atoms with E-state index in [1.807, 2.05) is 39.9 Å². The molecule has 4 rings (SSSR count). The molecule has 25 heavy (non-hydrogen) atoms. The van der Waals surface area contributed by atoms with Gasteiger partial charge in [0.2, 0.25) is 0 Å². The molecule has 1 unspecified atom stereocenters. The zero-order chi connectivity index (χ0) is 17.2. The normalized spacial score (nSPS) is 19.4. The number of aliphatic hydroxyl groups is 1. The Balaban J connectivity index is 1.66. The lowest BCUT2D eigenvalue weighted by molar-refractivity contribution is 0.0717. The van der Waals surface area contributed by atoms with Gasteiger partial charge in [-0.2, -0.15) is 5.10 Å². The molecule has 1 fully saturated rings. The number of carbonyl (C=O) groups excluding carboxylic acids is 1. The van der Waals surface area contributed by atoms with Crippen LogP contribution in [-0.2, 0) is 12.8 Å². The summed E-state index contributed by atoms with van der Waals surface area (Å²) >= 11 is 0. The molecule has 2 aromatic rings. The van der Waals surface area contributed by atoms with Gasteiger partial charge in [-0.05, 0) is 57.1 Å². The number of hydrogen-bond donors (Lipinski definition) is 1. The molecule has 1 aliphatic carbocycles. The molecule has 0 radical (unpaired) electrons. The summed E-state index contributed by atoms with van der Waals surface area (Å²) in [5.74, 6) is 0.0771. The Labute approximate surface area is 148 Å². The third kappa shape index (κ3) is 2.97. The lowest BCUT2D eigenvalue weighted by atomic mass is 10.1. The molecule has 0 spiro atoms. The van der Waals surface area contributed by atoms with Crippen LogP contribution in [0.25, 0.3) is 5.69 Å². The smallest absolute Gasteiger partial charge is 0.274 e. The number of carbonyl (C=O) groups is 1. The minimum atomic E-state index is 0.0771. The number of nitrogens with zero attached hydrogens (tertiary/aromatic N) is 3. The summed E-state index contributed by atoms with van der Waals surface area (Å²) in [5.41, 5.74) is 4.01. The lowest BCUT2D eigenvalue weighted by Crippen LogP contribution is -2.36. The second kappa shape index (κ2) is 7.00. The predicted molar refractivity (Wildman–Crippen MR) is 96.0 cm³/mol. The van der Waals surface area contributed by atoms with Crippen LogP contribution in [0.4, 0.5) is 0 Å². The molecule has 1 aliphatic heterocycles. The van der Waals surface area contributed by atoms with Crippen molar-refractivity contribution in [3.05, 3.63) is 47.3 Å². The second-order valence-electron chi connectivity index (χ2n) is 7.04. The molecular formula is C20H25N3O2. The molecule has 1 saturated heterocycles. The molecule has 5 nitrogen and oxygen atoms in total. The van der Waals surface area contributed by atoms with Crippen molar-refractivity contribution >= 4 is 5.91 Å². The first-order valence-electron chi connectivity index (χ1n) is 9.37. The van der Waals surface area contributed by atoms with Crippen LogP contribution in [0, 0.1) is 0 Å². The molecule has 0 bridgehead atoms. The minimum absolute atomic E-state index is 0.0771. The van der Waals surface area contributed by atoms with Crippen molar-refractivity contribution in [3.63, 3.8) is 0 Å². The predicted octanol–water partition coefficient (Wildman–Crippen LogP) is 2.74. The Morgan fingerprint density at radius 3 is 2.84 bits per heavy atom. The van der Waals surface area contributed by atoms with Crippen LogP contribution in [-0.4, -0.2) is 44.9 Å². The number of benzene rings is 1. The summed E-state index contributed by atoms with van der Waals surface area (Å²) in [7, 11) is 0. The molecule has 0 saturated carbocycles. The highest BCUT2D eigenvalue weighted by atomic mass is 16.3. The number of fused-ring (bicyclic) bond motifs is 1. The highest BCUT2D eigenvalue weighted by Gasteiger charge is 2.34. The molecule has 1 aromatic carbocycles. The largest absolute Gasteiger partial charge is 0.396 e.